The molecule has 5 rings (SSSR count). The molecule has 1 fully saturated rings. The van der Waals surface area contributed by atoms with E-state index in [9.17, 15) is 9.59 Å². The SMILES string of the molecule is CSn1ccc(-c2cn([C@H]3CCC(CN(CCCN(CCc4ccccc4)C(=O)OC(C)(C)C)C(=O)OC(C)(C)C)C3)c3ncncc23)n1. The minimum atomic E-state index is -0.616. The molecule has 12 heteroatoms. The van der Waals surface area contributed by atoms with Gasteiger partial charge in [-0.2, -0.15) is 5.10 Å². The molecule has 1 aliphatic carbocycles. The molecule has 49 heavy (non-hydrogen) atoms. The normalized spacial score (nSPS) is 16.6. The van der Waals surface area contributed by atoms with E-state index in [1.165, 1.54) is 0 Å². The first-order valence-electron chi connectivity index (χ1n) is 17.2. The van der Waals surface area contributed by atoms with Crippen LogP contribution in [0.2, 0.25) is 0 Å². The van der Waals surface area contributed by atoms with E-state index < -0.39 is 11.2 Å². The van der Waals surface area contributed by atoms with Crippen LogP contribution in [0.15, 0.2) is 61.3 Å². The lowest BCUT2D eigenvalue weighted by molar-refractivity contribution is 0.0186. The molecule has 1 saturated carbocycles. The molecule has 1 unspecified atom stereocenters. The van der Waals surface area contributed by atoms with Gasteiger partial charge in [0.1, 0.15) is 23.2 Å². The van der Waals surface area contributed by atoms with Crippen molar-refractivity contribution in [1.29, 1.82) is 0 Å². The fourth-order valence-electron chi connectivity index (χ4n) is 6.37. The Kier molecular flexibility index (Phi) is 11.6. The zero-order valence-corrected chi connectivity index (χ0v) is 30.8. The van der Waals surface area contributed by atoms with E-state index in [0.717, 1.165) is 53.5 Å². The van der Waals surface area contributed by atoms with Gasteiger partial charge in [0.2, 0.25) is 0 Å². The molecular formula is C37H51N7O4S. The van der Waals surface area contributed by atoms with Gasteiger partial charge in [0, 0.05) is 68.0 Å². The van der Waals surface area contributed by atoms with E-state index >= 15 is 0 Å². The second kappa shape index (κ2) is 15.7. The average molecular weight is 690 g/mol. The summed E-state index contributed by atoms with van der Waals surface area (Å²) in [4.78, 5) is 39.3. The molecule has 4 aromatic rings. The van der Waals surface area contributed by atoms with Crippen molar-refractivity contribution in [3.05, 3.63) is 66.9 Å². The molecule has 11 nitrogen and oxygen atoms in total. The van der Waals surface area contributed by atoms with Gasteiger partial charge in [-0.1, -0.05) is 30.3 Å². The standard InChI is InChI=1S/C37H51N7O4S/c1-36(2,3)47-34(45)41(20-16-27-12-9-8-10-13-27)18-11-19-42(35(46)48-37(4,5)6)24-28-14-15-29(22-28)43-25-31(30-23-38-26-39-33(30)43)32-17-21-44(40-32)49-7/h8-10,12-13,17,21,23,25-26,28-29H,11,14-16,18-20,22,24H2,1-7H3/t28?,29-/m0/s1. The van der Waals surface area contributed by atoms with Crippen molar-refractivity contribution >= 4 is 35.2 Å². The number of carbonyl (C=O) groups is 2. The number of benzene rings is 1. The maximum atomic E-state index is 13.5. The lowest BCUT2D eigenvalue weighted by atomic mass is 10.1. The highest BCUT2D eigenvalue weighted by Gasteiger charge is 2.32. The lowest BCUT2D eigenvalue weighted by Gasteiger charge is -2.31. The fraction of sp³-hybridized carbons (Fsp3) is 0.541. The van der Waals surface area contributed by atoms with Crippen LogP contribution in [0.3, 0.4) is 0 Å². The third-order valence-corrected chi connectivity index (χ3v) is 9.16. The van der Waals surface area contributed by atoms with Crippen molar-refractivity contribution in [2.24, 2.45) is 5.92 Å². The smallest absolute Gasteiger partial charge is 0.410 e. The van der Waals surface area contributed by atoms with Crippen LogP contribution >= 0.6 is 11.9 Å². The van der Waals surface area contributed by atoms with Gasteiger partial charge in [-0.25, -0.2) is 23.6 Å². The molecule has 1 aliphatic rings. The zero-order valence-electron chi connectivity index (χ0n) is 30.0. The summed E-state index contributed by atoms with van der Waals surface area (Å²) in [5.74, 6) is 0.288. The quantitative estimate of drug-likeness (QED) is 0.148. The van der Waals surface area contributed by atoms with Crippen LogP contribution in [0.1, 0.15) is 78.8 Å². The summed E-state index contributed by atoms with van der Waals surface area (Å²) in [7, 11) is 0. The number of hydrogen-bond acceptors (Lipinski definition) is 8. The Balaban J connectivity index is 1.27. The van der Waals surface area contributed by atoms with Crippen LogP contribution in [-0.2, 0) is 15.9 Å². The van der Waals surface area contributed by atoms with Crippen molar-refractivity contribution in [3.8, 4) is 11.3 Å². The topological polar surface area (TPSA) is 108 Å². The van der Waals surface area contributed by atoms with Crippen LogP contribution in [0, 0.1) is 5.92 Å². The van der Waals surface area contributed by atoms with Crippen LogP contribution in [-0.4, -0.2) is 89.3 Å². The van der Waals surface area contributed by atoms with Crippen molar-refractivity contribution < 1.29 is 19.1 Å². The number of aromatic nitrogens is 5. The van der Waals surface area contributed by atoms with Gasteiger partial charge in [-0.15, -0.1) is 0 Å². The molecular weight excluding hydrogens is 639 g/mol. The minimum Gasteiger partial charge on any atom is -0.444 e. The Morgan fingerprint density at radius 1 is 0.939 bits per heavy atom. The van der Waals surface area contributed by atoms with Gasteiger partial charge in [0.25, 0.3) is 0 Å². The van der Waals surface area contributed by atoms with E-state index in [-0.39, 0.29) is 24.1 Å². The molecule has 1 aromatic carbocycles. The first-order valence-corrected chi connectivity index (χ1v) is 18.4. The summed E-state index contributed by atoms with van der Waals surface area (Å²) in [6.07, 6.45) is 13.1. The molecule has 0 spiro atoms. The molecule has 0 N–H and O–H groups in total. The van der Waals surface area contributed by atoms with Gasteiger partial charge < -0.3 is 23.8 Å². The van der Waals surface area contributed by atoms with E-state index in [1.54, 1.807) is 23.2 Å². The Bertz CT molecular complexity index is 1690. The fourth-order valence-corrected chi connectivity index (χ4v) is 6.72. The number of ether oxygens (including phenoxy) is 2. The van der Waals surface area contributed by atoms with E-state index in [1.807, 2.05) is 93.4 Å². The Labute approximate surface area is 294 Å². The number of hydrogen-bond donors (Lipinski definition) is 0. The summed E-state index contributed by atoms with van der Waals surface area (Å²) >= 11 is 1.54. The summed E-state index contributed by atoms with van der Waals surface area (Å²) in [5.41, 5.74) is 2.75. The first kappa shape index (κ1) is 36.2. The average Bonchev–Trinajstić information content (AvgIpc) is 3.79. The van der Waals surface area contributed by atoms with E-state index in [4.69, 9.17) is 14.6 Å². The van der Waals surface area contributed by atoms with Crippen molar-refractivity contribution in [2.75, 3.05) is 32.4 Å². The zero-order chi connectivity index (χ0) is 35.2. The van der Waals surface area contributed by atoms with E-state index in [0.29, 0.717) is 32.6 Å². The predicted molar refractivity (Wildman–Crippen MR) is 194 cm³/mol. The van der Waals surface area contributed by atoms with Crippen LogP contribution in [0.4, 0.5) is 9.59 Å². The number of amides is 2. The molecule has 264 valence electrons. The molecule has 0 radical (unpaired) electrons. The summed E-state index contributed by atoms with van der Waals surface area (Å²) in [6.45, 7) is 13.4. The molecule has 0 aliphatic heterocycles. The highest BCUT2D eigenvalue weighted by Crippen LogP contribution is 2.39. The van der Waals surface area contributed by atoms with Crippen molar-refractivity contribution in [1.82, 2.24) is 33.5 Å². The third kappa shape index (κ3) is 9.99. The van der Waals surface area contributed by atoms with Crippen molar-refractivity contribution in [3.63, 3.8) is 0 Å². The molecule has 0 bridgehead atoms. The van der Waals surface area contributed by atoms with Gasteiger partial charge in [-0.05, 0) is 103 Å². The number of nitrogens with zero attached hydrogens (tertiary/aromatic N) is 7. The van der Waals surface area contributed by atoms with Crippen LogP contribution in [0.5, 0.6) is 0 Å². The second-order valence-electron chi connectivity index (χ2n) is 14.8. The highest BCUT2D eigenvalue weighted by molar-refractivity contribution is 7.97. The predicted octanol–water partition coefficient (Wildman–Crippen LogP) is 7.87. The maximum absolute atomic E-state index is 13.5. The van der Waals surface area contributed by atoms with Gasteiger partial charge in [0.05, 0.1) is 5.69 Å². The third-order valence-electron chi connectivity index (χ3n) is 8.58. The Hall–Kier alpha value is -4.06. The van der Waals surface area contributed by atoms with Gasteiger partial charge in [0.15, 0.2) is 0 Å². The molecule has 2 amide bonds. The van der Waals surface area contributed by atoms with Crippen LogP contribution in [0.25, 0.3) is 22.3 Å². The summed E-state index contributed by atoms with van der Waals surface area (Å²) in [6, 6.07) is 12.4. The molecule has 3 aromatic heterocycles. The number of fused-ring (bicyclic) bond motifs is 1. The summed E-state index contributed by atoms with van der Waals surface area (Å²) < 4.78 is 15.7. The Morgan fingerprint density at radius 3 is 2.31 bits per heavy atom. The lowest BCUT2D eigenvalue weighted by Crippen LogP contribution is -2.42. The summed E-state index contributed by atoms with van der Waals surface area (Å²) in [5, 5.41) is 5.69. The second-order valence-corrected chi connectivity index (χ2v) is 15.6. The van der Waals surface area contributed by atoms with Gasteiger partial charge in [-0.3, -0.25) is 0 Å². The highest BCUT2D eigenvalue weighted by atomic mass is 32.2. The van der Waals surface area contributed by atoms with Crippen molar-refractivity contribution in [2.45, 2.75) is 90.9 Å². The monoisotopic (exact) mass is 689 g/mol. The largest absolute Gasteiger partial charge is 0.444 e. The van der Waals surface area contributed by atoms with E-state index in [2.05, 4.69) is 32.9 Å². The van der Waals surface area contributed by atoms with Crippen LogP contribution < -0.4 is 0 Å². The Morgan fingerprint density at radius 2 is 1.63 bits per heavy atom. The number of rotatable bonds is 12. The minimum absolute atomic E-state index is 0.236. The molecule has 2 atom stereocenters. The maximum Gasteiger partial charge on any atom is 0.410 e. The first-order chi connectivity index (χ1) is 23.3. The molecule has 0 saturated heterocycles. The molecule has 3 heterocycles. The van der Waals surface area contributed by atoms with Gasteiger partial charge >= 0.3 is 12.2 Å². The number of carbonyl (C=O) groups excluding carboxylic acids is 2.